The highest BCUT2D eigenvalue weighted by molar-refractivity contribution is 5.80. The monoisotopic (exact) mass is 312 g/mol. The zero-order valence-corrected chi connectivity index (χ0v) is 13.2. The van der Waals surface area contributed by atoms with Crippen LogP contribution >= 0.6 is 0 Å². The quantitative estimate of drug-likeness (QED) is 0.941. The van der Waals surface area contributed by atoms with Crippen molar-refractivity contribution in [1.29, 1.82) is 0 Å². The summed E-state index contributed by atoms with van der Waals surface area (Å²) in [6, 6.07) is 16.4. The number of likely N-dealkylation sites (tertiary alicyclic amines) is 1. The molecule has 2 atom stereocenters. The van der Waals surface area contributed by atoms with Gasteiger partial charge in [-0.1, -0.05) is 42.5 Å². The molecule has 3 nitrogen and oxygen atoms in total. The first kappa shape index (κ1) is 15.7. The van der Waals surface area contributed by atoms with Gasteiger partial charge in [0.2, 0.25) is 5.91 Å². The molecular formula is C19H21FN2O. The topological polar surface area (TPSA) is 32.3 Å². The summed E-state index contributed by atoms with van der Waals surface area (Å²) < 4.78 is 12.9. The highest BCUT2D eigenvalue weighted by Gasteiger charge is 2.36. The maximum absolute atomic E-state index is 12.9. The third kappa shape index (κ3) is 3.77. The van der Waals surface area contributed by atoms with Gasteiger partial charge in [0, 0.05) is 25.6 Å². The Bertz CT molecular complexity index is 657. The molecule has 1 saturated heterocycles. The van der Waals surface area contributed by atoms with Gasteiger partial charge in [0.05, 0.1) is 5.92 Å². The van der Waals surface area contributed by atoms with Gasteiger partial charge in [-0.15, -0.1) is 0 Å². The minimum absolute atomic E-state index is 0.0529. The van der Waals surface area contributed by atoms with Crippen molar-refractivity contribution < 1.29 is 9.18 Å². The van der Waals surface area contributed by atoms with Crippen molar-refractivity contribution in [1.82, 2.24) is 10.2 Å². The van der Waals surface area contributed by atoms with E-state index in [-0.39, 0.29) is 23.6 Å². The molecule has 2 aromatic rings. The summed E-state index contributed by atoms with van der Waals surface area (Å²) in [6.45, 7) is 2.08. The molecule has 3 rings (SSSR count). The second-order valence-corrected chi connectivity index (χ2v) is 6.19. The normalized spacial score (nSPS) is 21.3. The summed E-state index contributed by atoms with van der Waals surface area (Å²) >= 11 is 0. The molecule has 0 saturated carbocycles. The fourth-order valence-corrected chi connectivity index (χ4v) is 3.23. The van der Waals surface area contributed by atoms with Crippen LogP contribution in [0.4, 0.5) is 4.39 Å². The lowest BCUT2D eigenvalue weighted by Gasteiger charge is -2.18. The van der Waals surface area contributed by atoms with E-state index in [9.17, 15) is 9.18 Å². The molecule has 1 amide bonds. The number of rotatable bonds is 4. The SMILES string of the molecule is CN1C[C@@H](C(=O)NCc2ccc(F)cc2)[C@H](c2ccccc2)C1. The molecule has 1 aliphatic rings. The molecule has 1 heterocycles. The van der Waals surface area contributed by atoms with Crippen LogP contribution in [0.1, 0.15) is 17.0 Å². The number of carbonyl (C=O) groups excluding carboxylic acids is 1. The molecule has 0 unspecified atom stereocenters. The van der Waals surface area contributed by atoms with Gasteiger partial charge in [0.15, 0.2) is 0 Å². The summed E-state index contributed by atoms with van der Waals surface area (Å²) in [4.78, 5) is 14.8. The van der Waals surface area contributed by atoms with Crippen LogP contribution in [0.25, 0.3) is 0 Å². The third-order valence-electron chi connectivity index (χ3n) is 4.45. The Morgan fingerprint density at radius 3 is 2.52 bits per heavy atom. The first-order valence-corrected chi connectivity index (χ1v) is 7.89. The summed E-state index contributed by atoms with van der Waals surface area (Å²) in [6.07, 6.45) is 0. The van der Waals surface area contributed by atoms with Gasteiger partial charge in [-0.3, -0.25) is 4.79 Å². The first-order chi connectivity index (χ1) is 11.1. The Morgan fingerprint density at radius 2 is 1.83 bits per heavy atom. The van der Waals surface area contributed by atoms with Crippen molar-refractivity contribution in [2.45, 2.75) is 12.5 Å². The molecule has 0 aliphatic carbocycles. The molecule has 0 radical (unpaired) electrons. The molecule has 0 spiro atoms. The fraction of sp³-hybridized carbons (Fsp3) is 0.316. The number of carbonyl (C=O) groups is 1. The zero-order chi connectivity index (χ0) is 16.2. The number of nitrogens with one attached hydrogen (secondary N) is 1. The summed E-state index contributed by atoms with van der Waals surface area (Å²) in [5.41, 5.74) is 2.11. The highest BCUT2D eigenvalue weighted by atomic mass is 19.1. The van der Waals surface area contributed by atoms with Crippen molar-refractivity contribution in [3.63, 3.8) is 0 Å². The van der Waals surface area contributed by atoms with Gasteiger partial charge in [-0.2, -0.15) is 0 Å². The van der Waals surface area contributed by atoms with Crippen molar-refractivity contribution in [3.05, 3.63) is 71.5 Å². The number of amides is 1. The van der Waals surface area contributed by atoms with E-state index in [0.717, 1.165) is 18.7 Å². The van der Waals surface area contributed by atoms with E-state index in [1.807, 2.05) is 25.2 Å². The van der Waals surface area contributed by atoms with Crippen LogP contribution in [0.3, 0.4) is 0 Å². The van der Waals surface area contributed by atoms with Crippen LogP contribution in [-0.4, -0.2) is 30.9 Å². The largest absolute Gasteiger partial charge is 0.352 e. The molecule has 1 fully saturated rings. The van der Waals surface area contributed by atoms with Crippen molar-refractivity contribution in [3.8, 4) is 0 Å². The number of nitrogens with zero attached hydrogens (tertiary/aromatic N) is 1. The minimum Gasteiger partial charge on any atom is -0.352 e. The molecule has 1 N–H and O–H groups in total. The lowest BCUT2D eigenvalue weighted by atomic mass is 9.88. The van der Waals surface area contributed by atoms with Crippen molar-refractivity contribution in [2.24, 2.45) is 5.92 Å². The maximum Gasteiger partial charge on any atom is 0.225 e. The van der Waals surface area contributed by atoms with Crippen molar-refractivity contribution >= 4 is 5.91 Å². The molecule has 1 aliphatic heterocycles. The Hall–Kier alpha value is -2.20. The van der Waals surface area contributed by atoms with E-state index in [1.165, 1.54) is 17.7 Å². The number of hydrogen-bond donors (Lipinski definition) is 1. The molecule has 4 heteroatoms. The summed E-state index contributed by atoms with van der Waals surface area (Å²) in [7, 11) is 2.04. The lowest BCUT2D eigenvalue weighted by Crippen LogP contribution is -2.34. The lowest BCUT2D eigenvalue weighted by molar-refractivity contribution is -0.125. The molecule has 0 bridgehead atoms. The molecule has 120 valence electrons. The average Bonchev–Trinajstić information content (AvgIpc) is 2.97. The Balaban J connectivity index is 1.66. The maximum atomic E-state index is 12.9. The molecule has 23 heavy (non-hydrogen) atoms. The Labute approximate surface area is 136 Å². The summed E-state index contributed by atoms with van der Waals surface area (Å²) in [5, 5.41) is 2.99. The van der Waals surface area contributed by atoms with Gasteiger partial charge in [-0.25, -0.2) is 4.39 Å². The fourth-order valence-electron chi connectivity index (χ4n) is 3.23. The van der Waals surface area contributed by atoms with Gasteiger partial charge in [-0.05, 0) is 30.3 Å². The number of hydrogen-bond acceptors (Lipinski definition) is 2. The van der Waals surface area contributed by atoms with Crippen LogP contribution in [0.5, 0.6) is 0 Å². The number of likely N-dealkylation sites (N-methyl/N-ethyl adjacent to an activating group) is 1. The predicted octanol–water partition coefficient (Wildman–Crippen LogP) is 2.79. The van der Waals surface area contributed by atoms with Crippen LogP contribution in [0.2, 0.25) is 0 Å². The van der Waals surface area contributed by atoms with E-state index in [0.29, 0.717) is 6.54 Å². The molecular weight excluding hydrogens is 291 g/mol. The highest BCUT2D eigenvalue weighted by Crippen LogP contribution is 2.32. The van der Waals surface area contributed by atoms with E-state index in [4.69, 9.17) is 0 Å². The number of benzene rings is 2. The smallest absolute Gasteiger partial charge is 0.225 e. The van der Waals surface area contributed by atoms with Crippen molar-refractivity contribution in [2.75, 3.05) is 20.1 Å². The Morgan fingerprint density at radius 1 is 1.13 bits per heavy atom. The van der Waals surface area contributed by atoms with Crippen LogP contribution in [-0.2, 0) is 11.3 Å². The van der Waals surface area contributed by atoms with Gasteiger partial charge < -0.3 is 10.2 Å². The van der Waals surface area contributed by atoms with E-state index < -0.39 is 0 Å². The van der Waals surface area contributed by atoms with Gasteiger partial charge in [0.1, 0.15) is 5.82 Å². The van der Waals surface area contributed by atoms with Crippen LogP contribution < -0.4 is 5.32 Å². The molecule has 0 aromatic heterocycles. The van der Waals surface area contributed by atoms with Crippen LogP contribution in [0.15, 0.2) is 54.6 Å². The van der Waals surface area contributed by atoms with Crippen LogP contribution in [0, 0.1) is 11.7 Å². The van der Waals surface area contributed by atoms with E-state index in [2.05, 4.69) is 22.3 Å². The standard InChI is InChI=1S/C19H21FN2O/c1-22-12-17(15-5-3-2-4-6-15)18(13-22)19(23)21-11-14-7-9-16(20)10-8-14/h2-10,17-18H,11-13H2,1H3,(H,21,23)/t17-,18+/m0/s1. The average molecular weight is 312 g/mol. The van der Waals surface area contributed by atoms with Gasteiger partial charge >= 0.3 is 0 Å². The number of halogens is 1. The summed E-state index contributed by atoms with van der Waals surface area (Å²) in [5.74, 6) is -0.0357. The minimum atomic E-state index is -0.262. The van der Waals surface area contributed by atoms with Gasteiger partial charge in [0.25, 0.3) is 0 Å². The Kier molecular flexibility index (Phi) is 4.72. The predicted molar refractivity (Wildman–Crippen MR) is 88.4 cm³/mol. The van der Waals surface area contributed by atoms with E-state index >= 15 is 0 Å². The second kappa shape index (κ2) is 6.92. The van der Waals surface area contributed by atoms with E-state index in [1.54, 1.807) is 12.1 Å². The zero-order valence-electron chi connectivity index (χ0n) is 13.2. The second-order valence-electron chi connectivity index (χ2n) is 6.19. The third-order valence-corrected chi connectivity index (χ3v) is 4.45. The first-order valence-electron chi connectivity index (χ1n) is 7.89. The molecule has 2 aromatic carbocycles.